The number of ether oxygens (including phenoxy) is 1. The number of benzene rings is 1. The molecule has 0 bridgehead atoms. The van der Waals surface area contributed by atoms with Gasteiger partial charge in [-0.15, -0.1) is 0 Å². The number of rotatable bonds is 7. The van der Waals surface area contributed by atoms with E-state index in [-0.39, 0.29) is 5.91 Å². The Morgan fingerprint density at radius 1 is 1.19 bits per heavy atom. The number of aromatic nitrogens is 2. The van der Waals surface area contributed by atoms with Gasteiger partial charge in [0.2, 0.25) is 0 Å². The lowest BCUT2D eigenvalue weighted by molar-refractivity contribution is 0.0949. The third kappa shape index (κ3) is 5.85. The number of carbonyl (C=O) groups excluding carboxylic acids is 1. The molecule has 4 rings (SSSR count). The summed E-state index contributed by atoms with van der Waals surface area (Å²) >= 11 is 0. The van der Waals surface area contributed by atoms with Crippen molar-refractivity contribution in [3.8, 4) is 5.75 Å². The summed E-state index contributed by atoms with van der Waals surface area (Å²) in [6.07, 6.45) is 11.0. The third-order valence-electron chi connectivity index (χ3n) is 6.94. The summed E-state index contributed by atoms with van der Waals surface area (Å²) in [5.74, 6) is 2.76. The number of piperidine rings is 1. The Hall–Kier alpha value is -2.47. The second-order valence-corrected chi connectivity index (χ2v) is 9.36. The van der Waals surface area contributed by atoms with Gasteiger partial charge in [0, 0.05) is 31.7 Å². The smallest absolute Gasteiger partial charge is 0.254 e. The van der Waals surface area contributed by atoms with Crippen molar-refractivity contribution in [2.24, 2.45) is 5.92 Å². The molecule has 1 N–H and O–H groups in total. The van der Waals surface area contributed by atoms with Crippen LogP contribution in [0.2, 0.25) is 0 Å². The molecule has 2 heterocycles. The van der Waals surface area contributed by atoms with Gasteiger partial charge in [0.15, 0.2) is 0 Å². The molecular formula is C26H36N4O2. The zero-order valence-corrected chi connectivity index (χ0v) is 19.5. The average molecular weight is 437 g/mol. The lowest BCUT2D eigenvalue weighted by Gasteiger charge is -2.35. The van der Waals surface area contributed by atoms with E-state index in [1.54, 1.807) is 13.3 Å². The van der Waals surface area contributed by atoms with Crippen LogP contribution >= 0.6 is 0 Å². The molecule has 0 radical (unpaired) electrons. The average Bonchev–Trinajstić information content (AvgIpc) is 2.83. The van der Waals surface area contributed by atoms with Crippen LogP contribution in [0.25, 0.3) is 0 Å². The van der Waals surface area contributed by atoms with Crippen molar-refractivity contribution in [1.82, 2.24) is 20.2 Å². The van der Waals surface area contributed by atoms with Gasteiger partial charge in [-0.1, -0.05) is 31.4 Å². The van der Waals surface area contributed by atoms with Crippen LogP contribution in [0, 0.1) is 12.8 Å². The summed E-state index contributed by atoms with van der Waals surface area (Å²) in [7, 11) is 1.64. The van der Waals surface area contributed by atoms with Gasteiger partial charge in [-0.25, -0.2) is 9.97 Å². The minimum Gasteiger partial charge on any atom is -0.497 e. The summed E-state index contributed by atoms with van der Waals surface area (Å²) in [6, 6.07) is 7.71. The highest BCUT2D eigenvalue weighted by Gasteiger charge is 2.26. The standard InChI is InChI=1S/C26H36N4O2/c1-19-24(26(31)28-15-21-10-6-12-23(14-21)32-2)16-27-25(29-19)22-11-7-13-30(18-22)17-20-8-4-3-5-9-20/h6,10,12,14,16,20,22H,3-5,7-9,11,13,15,17-18H2,1-2H3,(H,28,31)/t22-/m1/s1. The van der Waals surface area contributed by atoms with Crippen LogP contribution in [-0.2, 0) is 6.54 Å². The molecule has 1 aliphatic heterocycles. The molecule has 1 aromatic carbocycles. The number of methoxy groups -OCH3 is 1. The van der Waals surface area contributed by atoms with Gasteiger partial charge < -0.3 is 15.0 Å². The van der Waals surface area contributed by atoms with Crippen molar-refractivity contribution in [3.63, 3.8) is 0 Å². The predicted octanol–water partition coefficient (Wildman–Crippen LogP) is 4.48. The van der Waals surface area contributed by atoms with Crippen LogP contribution in [0.4, 0.5) is 0 Å². The van der Waals surface area contributed by atoms with Crippen molar-refractivity contribution in [2.75, 3.05) is 26.7 Å². The summed E-state index contributed by atoms with van der Waals surface area (Å²) < 4.78 is 5.25. The van der Waals surface area contributed by atoms with Crippen molar-refractivity contribution >= 4 is 5.91 Å². The Labute approximate surface area is 191 Å². The van der Waals surface area contributed by atoms with E-state index < -0.39 is 0 Å². The first-order chi connectivity index (χ1) is 15.6. The molecule has 1 saturated heterocycles. The topological polar surface area (TPSA) is 67.3 Å². The normalized spacial score (nSPS) is 20.1. The molecule has 32 heavy (non-hydrogen) atoms. The van der Waals surface area contributed by atoms with Gasteiger partial charge in [-0.3, -0.25) is 4.79 Å². The molecule has 0 spiro atoms. The van der Waals surface area contributed by atoms with Gasteiger partial charge in [0.1, 0.15) is 11.6 Å². The SMILES string of the molecule is COc1cccc(CNC(=O)c2cnc([C@@H]3CCCN(CC4CCCCC4)C3)nc2C)c1. The zero-order chi connectivity index (χ0) is 22.3. The van der Waals surface area contributed by atoms with Crippen LogP contribution < -0.4 is 10.1 Å². The Balaban J connectivity index is 1.35. The highest BCUT2D eigenvalue weighted by atomic mass is 16.5. The number of hydrogen-bond acceptors (Lipinski definition) is 5. The number of nitrogens with one attached hydrogen (secondary N) is 1. The number of likely N-dealkylation sites (tertiary alicyclic amines) is 1. The molecule has 6 nitrogen and oxygen atoms in total. The van der Waals surface area contributed by atoms with Crippen molar-refractivity contribution in [3.05, 3.63) is 53.1 Å². The molecule has 0 unspecified atom stereocenters. The molecule has 2 aromatic rings. The lowest BCUT2D eigenvalue weighted by atomic mass is 9.88. The fraction of sp³-hybridized carbons (Fsp3) is 0.577. The Bertz CT molecular complexity index is 910. The monoisotopic (exact) mass is 436 g/mol. The van der Waals surface area contributed by atoms with Crippen molar-refractivity contribution in [1.29, 1.82) is 0 Å². The maximum Gasteiger partial charge on any atom is 0.254 e. The number of hydrogen-bond donors (Lipinski definition) is 1. The number of aryl methyl sites for hydroxylation is 1. The van der Waals surface area contributed by atoms with E-state index in [4.69, 9.17) is 9.72 Å². The maximum atomic E-state index is 12.7. The summed E-state index contributed by atoms with van der Waals surface area (Å²) in [5, 5.41) is 2.98. The highest BCUT2D eigenvalue weighted by Crippen LogP contribution is 2.29. The van der Waals surface area contributed by atoms with Crippen LogP contribution in [-0.4, -0.2) is 47.5 Å². The van der Waals surface area contributed by atoms with Gasteiger partial charge in [0.25, 0.3) is 5.91 Å². The van der Waals surface area contributed by atoms with Gasteiger partial charge in [0.05, 0.1) is 18.4 Å². The van der Waals surface area contributed by atoms with Crippen molar-refractivity contribution in [2.45, 2.75) is 64.3 Å². The third-order valence-corrected chi connectivity index (χ3v) is 6.94. The zero-order valence-electron chi connectivity index (χ0n) is 19.5. The highest BCUT2D eigenvalue weighted by molar-refractivity contribution is 5.94. The molecule has 172 valence electrons. The maximum absolute atomic E-state index is 12.7. The molecule has 1 amide bonds. The van der Waals surface area contributed by atoms with E-state index in [0.717, 1.165) is 41.7 Å². The summed E-state index contributed by atoms with van der Waals surface area (Å²) in [4.78, 5) is 24.7. The Morgan fingerprint density at radius 3 is 2.81 bits per heavy atom. The lowest BCUT2D eigenvalue weighted by Crippen LogP contribution is -2.38. The van der Waals surface area contributed by atoms with Gasteiger partial charge in [-0.2, -0.15) is 0 Å². The van der Waals surface area contributed by atoms with E-state index in [1.165, 1.54) is 51.6 Å². The molecule has 6 heteroatoms. The Morgan fingerprint density at radius 2 is 2.03 bits per heavy atom. The fourth-order valence-electron chi connectivity index (χ4n) is 5.13. The van der Waals surface area contributed by atoms with Gasteiger partial charge in [-0.05, 0) is 62.8 Å². The molecule has 1 saturated carbocycles. The summed E-state index contributed by atoms with van der Waals surface area (Å²) in [6.45, 7) is 5.80. The summed E-state index contributed by atoms with van der Waals surface area (Å²) in [5.41, 5.74) is 2.29. The quantitative estimate of drug-likeness (QED) is 0.693. The largest absolute Gasteiger partial charge is 0.497 e. The first-order valence-electron chi connectivity index (χ1n) is 12.1. The number of amides is 1. The first-order valence-corrected chi connectivity index (χ1v) is 12.1. The molecule has 1 aromatic heterocycles. The minimum atomic E-state index is -0.139. The van der Waals surface area contributed by atoms with Crippen molar-refractivity contribution < 1.29 is 9.53 Å². The molecule has 1 atom stereocenters. The minimum absolute atomic E-state index is 0.139. The second-order valence-electron chi connectivity index (χ2n) is 9.36. The predicted molar refractivity (Wildman–Crippen MR) is 126 cm³/mol. The van der Waals surface area contributed by atoms with E-state index in [1.807, 2.05) is 31.2 Å². The van der Waals surface area contributed by atoms with Crippen LogP contribution in [0.3, 0.4) is 0 Å². The first kappa shape index (κ1) is 22.7. The molecule has 2 fully saturated rings. The fourth-order valence-corrected chi connectivity index (χ4v) is 5.13. The van der Waals surface area contributed by atoms with E-state index in [2.05, 4.69) is 15.2 Å². The number of carbonyl (C=O) groups is 1. The van der Waals surface area contributed by atoms with Crippen LogP contribution in [0.1, 0.15) is 78.3 Å². The molecular weight excluding hydrogens is 400 g/mol. The van der Waals surface area contributed by atoms with E-state index in [0.29, 0.717) is 18.0 Å². The molecule has 2 aliphatic rings. The van der Waals surface area contributed by atoms with Crippen LogP contribution in [0.15, 0.2) is 30.5 Å². The molecule has 1 aliphatic carbocycles. The van der Waals surface area contributed by atoms with E-state index in [9.17, 15) is 4.79 Å². The second kappa shape index (κ2) is 10.9. The Kier molecular flexibility index (Phi) is 7.74. The van der Waals surface area contributed by atoms with Gasteiger partial charge >= 0.3 is 0 Å². The van der Waals surface area contributed by atoms with Crippen LogP contribution in [0.5, 0.6) is 5.75 Å². The number of nitrogens with zero attached hydrogens (tertiary/aromatic N) is 3. The van der Waals surface area contributed by atoms with E-state index >= 15 is 0 Å².